The lowest BCUT2D eigenvalue weighted by Crippen LogP contribution is -2.15. The molecule has 0 aliphatic carbocycles. The van der Waals surface area contributed by atoms with Gasteiger partial charge in [0.25, 0.3) is 5.91 Å². The first kappa shape index (κ1) is 16.0. The van der Waals surface area contributed by atoms with E-state index in [9.17, 15) is 4.79 Å². The van der Waals surface area contributed by atoms with E-state index in [-0.39, 0.29) is 17.6 Å². The third kappa shape index (κ3) is 3.86. The number of para-hydroxylation sites is 2. The highest BCUT2D eigenvalue weighted by Gasteiger charge is 2.12. The zero-order valence-electron chi connectivity index (χ0n) is 12.3. The van der Waals surface area contributed by atoms with Gasteiger partial charge in [-0.05, 0) is 30.2 Å². The summed E-state index contributed by atoms with van der Waals surface area (Å²) in [5, 5.41) is 2.93. The zero-order chi connectivity index (χ0) is 15.9. The van der Waals surface area contributed by atoms with Crippen molar-refractivity contribution in [3.8, 4) is 0 Å². The minimum absolute atomic E-state index is 0.120. The molecule has 0 radical (unpaired) electrons. The molecule has 0 aliphatic rings. The Kier molecular flexibility index (Phi) is 5.55. The summed E-state index contributed by atoms with van der Waals surface area (Å²) in [5.41, 5.74) is 8.51. The Morgan fingerprint density at radius 2 is 1.86 bits per heavy atom. The number of benzene rings is 2. The van der Waals surface area contributed by atoms with Crippen LogP contribution in [0.4, 0.5) is 11.4 Å². The number of nitrogens with two attached hydrogens (primary N) is 1. The van der Waals surface area contributed by atoms with Crippen LogP contribution in [0.15, 0.2) is 53.5 Å². The second kappa shape index (κ2) is 7.61. The van der Waals surface area contributed by atoms with Gasteiger partial charge in [-0.1, -0.05) is 37.3 Å². The SMILES string of the molecule is CCc1ccccc1NC(=O)c1ccccc1N=C(N)CCl. The van der Waals surface area contributed by atoms with E-state index in [1.165, 1.54) is 0 Å². The van der Waals surface area contributed by atoms with E-state index in [2.05, 4.69) is 10.3 Å². The van der Waals surface area contributed by atoms with Gasteiger partial charge < -0.3 is 11.1 Å². The maximum Gasteiger partial charge on any atom is 0.257 e. The fourth-order valence-corrected chi connectivity index (χ4v) is 2.15. The van der Waals surface area contributed by atoms with Crippen molar-refractivity contribution in [1.29, 1.82) is 0 Å². The minimum Gasteiger partial charge on any atom is -0.386 e. The number of halogens is 1. The molecule has 0 bridgehead atoms. The summed E-state index contributed by atoms with van der Waals surface area (Å²) in [4.78, 5) is 16.7. The van der Waals surface area contributed by atoms with Gasteiger partial charge in [0.05, 0.1) is 17.1 Å². The molecule has 1 amide bonds. The van der Waals surface area contributed by atoms with Gasteiger partial charge in [0, 0.05) is 5.69 Å². The number of carbonyl (C=O) groups excluding carboxylic acids is 1. The number of amidine groups is 1. The van der Waals surface area contributed by atoms with E-state index in [1.807, 2.05) is 31.2 Å². The third-order valence-corrected chi connectivity index (χ3v) is 3.47. The molecule has 0 saturated heterocycles. The Hall–Kier alpha value is -2.33. The number of aryl methyl sites for hydroxylation is 1. The van der Waals surface area contributed by atoms with Crippen LogP contribution in [0.5, 0.6) is 0 Å². The van der Waals surface area contributed by atoms with Crippen molar-refractivity contribution in [2.75, 3.05) is 11.2 Å². The van der Waals surface area contributed by atoms with Crippen LogP contribution in [0.2, 0.25) is 0 Å². The average Bonchev–Trinajstić information content (AvgIpc) is 2.55. The van der Waals surface area contributed by atoms with Gasteiger partial charge >= 0.3 is 0 Å². The molecular weight excluding hydrogens is 298 g/mol. The number of rotatable bonds is 5. The molecule has 5 heteroatoms. The van der Waals surface area contributed by atoms with Crippen molar-refractivity contribution in [2.24, 2.45) is 10.7 Å². The van der Waals surface area contributed by atoms with Crippen LogP contribution in [0, 0.1) is 0 Å². The van der Waals surface area contributed by atoms with E-state index in [4.69, 9.17) is 17.3 Å². The number of hydrogen-bond acceptors (Lipinski definition) is 2. The first-order valence-corrected chi connectivity index (χ1v) is 7.56. The van der Waals surface area contributed by atoms with Crippen molar-refractivity contribution in [1.82, 2.24) is 0 Å². The predicted octanol–water partition coefficient (Wildman–Crippen LogP) is 3.73. The zero-order valence-corrected chi connectivity index (χ0v) is 13.1. The summed E-state index contributed by atoms with van der Waals surface area (Å²) in [7, 11) is 0. The Bertz CT molecular complexity index is 698. The van der Waals surface area contributed by atoms with Crippen LogP contribution in [-0.4, -0.2) is 17.6 Å². The first-order valence-electron chi connectivity index (χ1n) is 7.03. The maximum atomic E-state index is 12.5. The van der Waals surface area contributed by atoms with Crippen molar-refractivity contribution in [3.05, 3.63) is 59.7 Å². The summed E-state index contributed by atoms with van der Waals surface area (Å²) in [6, 6.07) is 14.8. The van der Waals surface area contributed by atoms with Gasteiger partial charge in [0.2, 0.25) is 0 Å². The molecule has 114 valence electrons. The molecule has 0 atom stereocenters. The number of nitrogens with one attached hydrogen (secondary N) is 1. The van der Waals surface area contributed by atoms with Gasteiger partial charge in [-0.15, -0.1) is 11.6 Å². The standard InChI is InChI=1S/C17H18ClN3O/c1-2-12-7-3-5-9-14(12)21-17(22)13-8-4-6-10-15(13)20-16(19)11-18/h3-10H,2,11H2,1H3,(H2,19,20)(H,21,22). The predicted molar refractivity (Wildman–Crippen MR) is 92.2 cm³/mol. The second-order valence-corrected chi connectivity index (χ2v) is 4.99. The summed E-state index contributed by atoms with van der Waals surface area (Å²) in [5.74, 6) is 0.174. The van der Waals surface area contributed by atoms with Crippen molar-refractivity contribution in [3.63, 3.8) is 0 Å². The second-order valence-electron chi connectivity index (χ2n) is 4.72. The smallest absolute Gasteiger partial charge is 0.257 e. The molecule has 2 aromatic carbocycles. The molecule has 0 saturated carbocycles. The molecule has 2 aromatic rings. The molecule has 22 heavy (non-hydrogen) atoms. The third-order valence-electron chi connectivity index (χ3n) is 3.20. The number of aliphatic imine (C=N–C) groups is 1. The van der Waals surface area contributed by atoms with E-state index in [1.54, 1.807) is 24.3 Å². The van der Waals surface area contributed by atoms with E-state index in [0.29, 0.717) is 11.3 Å². The summed E-state index contributed by atoms with van der Waals surface area (Å²) in [6.07, 6.45) is 0.843. The molecule has 4 nitrogen and oxygen atoms in total. The Morgan fingerprint density at radius 1 is 1.18 bits per heavy atom. The van der Waals surface area contributed by atoms with Crippen LogP contribution in [-0.2, 0) is 6.42 Å². The molecule has 0 unspecified atom stereocenters. The number of amides is 1. The summed E-state index contributed by atoms with van der Waals surface area (Å²) < 4.78 is 0. The normalized spacial score (nSPS) is 11.3. The van der Waals surface area contributed by atoms with Gasteiger partial charge in [-0.25, -0.2) is 4.99 Å². The Morgan fingerprint density at radius 3 is 2.59 bits per heavy atom. The number of hydrogen-bond donors (Lipinski definition) is 2. The minimum atomic E-state index is -0.220. The highest BCUT2D eigenvalue weighted by Crippen LogP contribution is 2.22. The van der Waals surface area contributed by atoms with Crippen LogP contribution >= 0.6 is 11.6 Å². The fourth-order valence-electron chi connectivity index (χ4n) is 2.09. The molecule has 0 spiro atoms. The van der Waals surface area contributed by atoms with E-state index < -0.39 is 0 Å². The molecule has 2 rings (SSSR count). The number of carbonyl (C=O) groups is 1. The lowest BCUT2D eigenvalue weighted by atomic mass is 10.1. The topological polar surface area (TPSA) is 67.5 Å². The van der Waals surface area contributed by atoms with Crippen molar-refractivity contribution < 1.29 is 4.79 Å². The van der Waals surface area contributed by atoms with Crippen LogP contribution < -0.4 is 11.1 Å². The molecule has 0 aliphatic heterocycles. The van der Waals surface area contributed by atoms with Crippen LogP contribution in [0.25, 0.3) is 0 Å². The first-order chi connectivity index (χ1) is 10.7. The summed E-state index contributed by atoms with van der Waals surface area (Å²) in [6.45, 7) is 2.05. The highest BCUT2D eigenvalue weighted by molar-refractivity contribution is 6.28. The van der Waals surface area contributed by atoms with Crippen LogP contribution in [0.1, 0.15) is 22.8 Å². The molecule has 0 heterocycles. The number of anilines is 1. The van der Waals surface area contributed by atoms with Crippen molar-refractivity contribution in [2.45, 2.75) is 13.3 Å². The van der Waals surface area contributed by atoms with Gasteiger partial charge in [0.15, 0.2) is 0 Å². The van der Waals surface area contributed by atoms with E-state index >= 15 is 0 Å². The number of alkyl halides is 1. The Balaban J connectivity index is 2.30. The largest absolute Gasteiger partial charge is 0.386 e. The lowest BCUT2D eigenvalue weighted by Gasteiger charge is -2.11. The summed E-state index contributed by atoms with van der Waals surface area (Å²) >= 11 is 5.65. The van der Waals surface area contributed by atoms with E-state index in [0.717, 1.165) is 17.7 Å². The van der Waals surface area contributed by atoms with Gasteiger partial charge in [-0.2, -0.15) is 0 Å². The molecule has 0 fully saturated rings. The number of nitrogens with zero attached hydrogens (tertiary/aromatic N) is 1. The monoisotopic (exact) mass is 315 g/mol. The quantitative estimate of drug-likeness (QED) is 0.501. The average molecular weight is 316 g/mol. The lowest BCUT2D eigenvalue weighted by molar-refractivity contribution is 0.102. The molecule has 0 aromatic heterocycles. The van der Waals surface area contributed by atoms with Gasteiger partial charge in [0.1, 0.15) is 5.84 Å². The van der Waals surface area contributed by atoms with Crippen LogP contribution in [0.3, 0.4) is 0 Å². The van der Waals surface area contributed by atoms with Gasteiger partial charge in [-0.3, -0.25) is 4.79 Å². The highest BCUT2D eigenvalue weighted by atomic mass is 35.5. The maximum absolute atomic E-state index is 12.5. The Labute approximate surface area is 135 Å². The van der Waals surface area contributed by atoms with Crippen molar-refractivity contribution >= 4 is 34.7 Å². The fraction of sp³-hybridized carbons (Fsp3) is 0.176. The molecule has 3 N–H and O–H groups in total. The molecular formula is C17H18ClN3O.